The van der Waals surface area contributed by atoms with E-state index in [-0.39, 0.29) is 12.0 Å². The van der Waals surface area contributed by atoms with Gasteiger partial charge in [0.15, 0.2) is 0 Å². The molecule has 1 atom stereocenters. The highest BCUT2D eigenvalue weighted by atomic mass is 16.5. The van der Waals surface area contributed by atoms with Gasteiger partial charge in [0.25, 0.3) is 0 Å². The molecule has 1 aliphatic rings. The van der Waals surface area contributed by atoms with Crippen LogP contribution < -0.4 is 0 Å². The second-order valence-electron chi connectivity index (χ2n) is 3.09. The Bertz CT molecular complexity index is 159. The van der Waals surface area contributed by atoms with E-state index in [9.17, 15) is 4.79 Å². The van der Waals surface area contributed by atoms with E-state index in [1.54, 1.807) is 0 Å². The van der Waals surface area contributed by atoms with Crippen LogP contribution in [0.3, 0.4) is 0 Å². The van der Waals surface area contributed by atoms with Gasteiger partial charge < -0.3 is 4.74 Å². The molecule has 0 aliphatic carbocycles. The van der Waals surface area contributed by atoms with E-state index in [1.807, 2.05) is 6.92 Å². The monoisotopic (exact) mass is 171 g/mol. The largest absolute Gasteiger partial charge is 0.465 e. The highest BCUT2D eigenvalue weighted by Gasteiger charge is 2.34. The Labute approximate surface area is 73.7 Å². The summed E-state index contributed by atoms with van der Waals surface area (Å²) in [7, 11) is 0. The molecule has 1 rings (SSSR count). The summed E-state index contributed by atoms with van der Waals surface area (Å²) in [6, 6.07) is 0.0601. The fraction of sp³-hybridized carbons (Fsp3) is 0.889. The number of carbonyl (C=O) groups is 1. The van der Waals surface area contributed by atoms with Gasteiger partial charge in [0.1, 0.15) is 6.04 Å². The maximum absolute atomic E-state index is 11.2. The summed E-state index contributed by atoms with van der Waals surface area (Å²) in [5, 5.41) is 0. The summed E-state index contributed by atoms with van der Waals surface area (Å²) in [6.45, 7) is 6.54. The number of carbonyl (C=O) groups excluding carboxylic acids is 1. The van der Waals surface area contributed by atoms with E-state index < -0.39 is 0 Å². The summed E-state index contributed by atoms with van der Waals surface area (Å²) in [6.07, 6.45) is 2.08. The summed E-state index contributed by atoms with van der Waals surface area (Å²) in [4.78, 5) is 13.4. The summed E-state index contributed by atoms with van der Waals surface area (Å²) in [5.41, 5.74) is 0. The molecule has 0 bridgehead atoms. The minimum atomic E-state index is -0.0443. The van der Waals surface area contributed by atoms with Crippen LogP contribution in [0.15, 0.2) is 0 Å². The minimum Gasteiger partial charge on any atom is -0.465 e. The van der Waals surface area contributed by atoms with Gasteiger partial charge in [-0.2, -0.15) is 0 Å². The Hall–Kier alpha value is -0.570. The number of hydrogen-bond acceptors (Lipinski definition) is 3. The van der Waals surface area contributed by atoms with Crippen molar-refractivity contribution < 1.29 is 9.53 Å². The predicted octanol–water partition coefficient (Wildman–Crippen LogP) is 1.03. The lowest BCUT2D eigenvalue weighted by atomic mass is 10.0. The Morgan fingerprint density at radius 1 is 1.58 bits per heavy atom. The summed E-state index contributed by atoms with van der Waals surface area (Å²) < 4.78 is 4.94. The molecule has 12 heavy (non-hydrogen) atoms. The molecule has 0 aromatic rings. The standard InChI is InChI=1S/C9H17NO2/c1-3-6-10-7-5-8(10)9(11)12-4-2/h8H,3-7H2,1-2H3/t8-/m1/s1. The summed E-state index contributed by atoms with van der Waals surface area (Å²) >= 11 is 0. The van der Waals surface area contributed by atoms with Crippen molar-refractivity contribution in [3.8, 4) is 0 Å². The van der Waals surface area contributed by atoms with Gasteiger partial charge in [-0.15, -0.1) is 0 Å². The van der Waals surface area contributed by atoms with Gasteiger partial charge in [-0.25, -0.2) is 0 Å². The van der Waals surface area contributed by atoms with Gasteiger partial charge in [-0.3, -0.25) is 9.69 Å². The fourth-order valence-corrected chi connectivity index (χ4v) is 1.50. The van der Waals surface area contributed by atoms with Gasteiger partial charge in [0.05, 0.1) is 6.61 Å². The smallest absolute Gasteiger partial charge is 0.323 e. The molecule has 0 spiro atoms. The van der Waals surface area contributed by atoms with E-state index in [0.717, 1.165) is 25.9 Å². The molecule has 0 N–H and O–H groups in total. The van der Waals surface area contributed by atoms with E-state index in [1.165, 1.54) is 0 Å². The number of hydrogen-bond donors (Lipinski definition) is 0. The average molecular weight is 171 g/mol. The van der Waals surface area contributed by atoms with Crippen molar-refractivity contribution in [3.63, 3.8) is 0 Å². The second kappa shape index (κ2) is 4.45. The van der Waals surface area contributed by atoms with E-state index in [4.69, 9.17) is 4.74 Å². The normalized spacial score (nSPS) is 23.3. The Kier molecular flexibility index (Phi) is 3.53. The third-order valence-corrected chi connectivity index (χ3v) is 2.20. The van der Waals surface area contributed by atoms with Crippen LogP contribution >= 0.6 is 0 Å². The maximum atomic E-state index is 11.2. The van der Waals surface area contributed by atoms with Crippen molar-refractivity contribution >= 4 is 5.97 Å². The first-order chi connectivity index (χ1) is 5.79. The molecule has 0 aromatic carbocycles. The zero-order valence-electron chi connectivity index (χ0n) is 7.88. The Morgan fingerprint density at radius 3 is 2.75 bits per heavy atom. The van der Waals surface area contributed by atoms with Gasteiger partial charge in [0.2, 0.25) is 0 Å². The van der Waals surface area contributed by atoms with E-state index >= 15 is 0 Å². The molecule has 1 fully saturated rings. The SMILES string of the molecule is CCCN1CC[C@@H]1C(=O)OCC. The van der Waals surface area contributed by atoms with Crippen molar-refractivity contribution in [1.82, 2.24) is 4.90 Å². The van der Waals surface area contributed by atoms with Crippen molar-refractivity contribution in [2.45, 2.75) is 32.7 Å². The lowest BCUT2D eigenvalue weighted by Crippen LogP contribution is -2.53. The first kappa shape index (κ1) is 9.52. The molecule has 1 heterocycles. The Morgan fingerprint density at radius 2 is 2.33 bits per heavy atom. The first-order valence-corrected chi connectivity index (χ1v) is 4.70. The Balaban J connectivity index is 2.27. The van der Waals surface area contributed by atoms with Crippen molar-refractivity contribution in [1.29, 1.82) is 0 Å². The van der Waals surface area contributed by atoms with Gasteiger partial charge >= 0.3 is 5.97 Å². The highest BCUT2D eigenvalue weighted by molar-refractivity contribution is 5.76. The first-order valence-electron chi connectivity index (χ1n) is 4.70. The zero-order valence-corrected chi connectivity index (χ0v) is 7.88. The molecule has 3 heteroatoms. The van der Waals surface area contributed by atoms with Gasteiger partial charge in [-0.05, 0) is 26.3 Å². The fourth-order valence-electron chi connectivity index (χ4n) is 1.50. The predicted molar refractivity (Wildman–Crippen MR) is 46.9 cm³/mol. The third-order valence-electron chi connectivity index (χ3n) is 2.20. The topological polar surface area (TPSA) is 29.5 Å². The molecule has 0 amide bonds. The van der Waals surface area contributed by atoms with Crippen LogP contribution in [0.5, 0.6) is 0 Å². The molecular weight excluding hydrogens is 154 g/mol. The van der Waals surface area contributed by atoms with Crippen molar-refractivity contribution in [2.24, 2.45) is 0 Å². The second-order valence-corrected chi connectivity index (χ2v) is 3.09. The number of likely N-dealkylation sites (tertiary alicyclic amines) is 1. The number of esters is 1. The van der Waals surface area contributed by atoms with Crippen LogP contribution in [0.2, 0.25) is 0 Å². The van der Waals surface area contributed by atoms with Crippen LogP contribution in [-0.2, 0) is 9.53 Å². The van der Waals surface area contributed by atoms with Crippen LogP contribution in [0, 0.1) is 0 Å². The highest BCUT2D eigenvalue weighted by Crippen LogP contribution is 2.18. The average Bonchev–Trinajstić information content (AvgIpc) is 1.98. The lowest BCUT2D eigenvalue weighted by molar-refractivity contribution is -0.154. The molecule has 0 radical (unpaired) electrons. The molecule has 0 aromatic heterocycles. The molecule has 0 saturated carbocycles. The van der Waals surface area contributed by atoms with Crippen LogP contribution in [0.4, 0.5) is 0 Å². The maximum Gasteiger partial charge on any atom is 0.323 e. The molecular formula is C9H17NO2. The van der Waals surface area contributed by atoms with Crippen molar-refractivity contribution in [3.05, 3.63) is 0 Å². The van der Waals surface area contributed by atoms with Crippen LogP contribution in [0.25, 0.3) is 0 Å². The molecule has 1 saturated heterocycles. The van der Waals surface area contributed by atoms with Crippen LogP contribution in [-0.4, -0.2) is 36.6 Å². The minimum absolute atomic E-state index is 0.0443. The van der Waals surface area contributed by atoms with Gasteiger partial charge in [-0.1, -0.05) is 6.92 Å². The number of rotatable bonds is 4. The quantitative estimate of drug-likeness (QED) is 0.592. The van der Waals surface area contributed by atoms with Gasteiger partial charge in [0, 0.05) is 6.54 Å². The third kappa shape index (κ3) is 1.97. The van der Waals surface area contributed by atoms with E-state index in [0.29, 0.717) is 6.61 Å². The number of nitrogens with zero attached hydrogens (tertiary/aromatic N) is 1. The lowest BCUT2D eigenvalue weighted by Gasteiger charge is -2.38. The zero-order chi connectivity index (χ0) is 8.97. The molecule has 1 aliphatic heterocycles. The summed E-state index contributed by atoms with van der Waals surface area (Å²) in [5.74, 6) is -0.0443. The van der Waals surface area contributed by atoms with E-state index in [2.05, 4.69) is 11.8 Å². The molecule has 70 valence electrons. The van der Waals surface area contributed by atoms with Crippen LogP contribution in [0.1, 0.15) is 26.7 Å². The molecule has 0 unspecified atom stereocenters. The number of ether oxygens (including phenoxy) is 1. The molecule has 3 nitrogen and oxygen atoms in total. The van der Waals surface area contributed by atoms with Crippen molar-refractivity contribution in [2.75, 3.05) is 19.7 Å².